The van der Waals surface area contributed by atoms with Crippen molar-refractivity contribution in [1.82, 2.24) is 5.32 Å². The van der Waals surface area contributed by atoms with E-state index in [2.05, 4.69) is 5.32 Å². The first-order valence-electron chi connectivity index (χ1n) is 6.27. The van der Waals surface area contributed by atoms with Crippen molar-refractivity contribution in [1.29, 1.82) is 0 Å². The van der Waals surface area contributed by atoms with Crippen LogP contribution in [0.2, 0.25) is 0 Å². The van der Waals surface area contributed by atoms with Gasteiger partial charge < -0.3 is 10.1 Å². The van der Waals surface area contributed by atoms with E-state index >= 15 is 0 Å². The maximum atomic E-state index is 13.8. The third-order valence-electron chi connectivity index (χ3n) is 3.46. The Kier molecular flexibility index (Phi) is 4.28. The summed E-state index contributed by atoms with van der Waals surface area (Å²) in [5, 5.41) is 2.73. The maximum absolute atomic E-state index is 13.8. The van der Waals surface area contributed by atoms with Gasteiger partial charge in [-0.1, -0.05) is 0 Å². The zero-order valence-corrected chi connectivity index (χ0v) is 13.1. The molecule has 8 heteroatoms. The Balaban J connectivity index is 2.36. The normalized spacial score (nSPS) is 22.3. The van der Waals surface area contributed by atoms with Gasteiger partial charge in [-0.2, -0.15) is 0 Å². The van der Waals surface area contributed by atoms with Crippen LogP contribution >= 0.6 is 10.7 Å². The zero-order valence-electron chi connectivity index (χ0n) is 11.6. The van der Waals surface area contributed by atoms with Crippen molar-refractivity contribution in [3.05, 3.63) is 29.1 Å². The van der Waals surface area contributed by atoms with Crippen LogP contribution in [0.15, 0.2) is 17.0 Å². The van der Waals surface area contributed by atoms with E-state index in [0.29, 0.717) is 19.6 Å². The number of carbonyl (C=O) groups excluding carboxylic acids is 1. The fourth-order valence-corrected chi connectivity index (χ4v) is 3.36. The minimum atomic E-state index is -4.13. The second-order valence-electron chi connectivity index (χ2n) is 5.34. The number of nitrogens with one attached hydrogen (secondary N) is 1. The fraction of sp³-hybridized carbons (Fsp3) is 0.462. The second kappa shape index (κ2) is 5.55. The number of benzene rings is 1. The lowest BCUT2D eigenvalue weighted by Crippen LogP contribution is -2.46. The molecular weight excluding hydrogens is 321 g/mol. The summed E-state index contributed by atoms with van der Waals surface area (Å²) in [7, 11) is 1.14. The molecule has 116 valence electrons. The molecule has 1 aromatic rings. The molecule has 2 rings (SSSR count). The second-order valence-corrected chi connectivity index (χ2v) is 7.87. The van der Waals surface area contributed by atoms with E-state index < -0.39 is 31.2 Å². The van der Waals surface area contributed by atoms with Crippen LogP contribution in [0.25, 0.3) is 0 Å². The molecule has 0 bridgehead atoms. The first kappa shape index (κ1) is 16.2. The molecule has 1 fully saturated rings. The van der Waals surface area contributed by atoms with Gasteiger partial charge >= 0.3 is 0 Å². The summed E-state index contributed by atoms with van der Waals surface area (Å²) in [5.74, 6) is -1.36. The molecule has 1 aliphatic heterocycles. The smallest absolute Gasteiger partial charge is 0.261 e. The average Bonchev–Trinajstić information content (AvgIpc) is 2.77. The third-order valence-corrected chi connectivity index (χ3v) is 4.90. The number of halogens is 2. The van der Waals surface area contributed by atoms with Crippen LogP contribution in [0, 0.1) is 12.7 Å². The molecule has 1 amide bonds. The Morgan fingerprint density at radius 2 is 2.14 bits per heavy atom. The topological polar surface area (TPSA) is 72.5 Å². The summed E-state index contributed by atoms with van der Waals surface area (Å²) in [6, 6.07) is 2.07. The van der Waals surface area contributed by atoms with Crippen LogP contribution in [0.5, 0.6) is 0 Å². The van der Waals surface area contributed by atoms with Crippen molar-refractivity contribution in [2.45, 2.75) is 30.7 Å². The van der Waals surface area contributed by atoms with Crippen LogP contribution < -0.4 is 5.32 Å². The fourth-order valence-electron chi connectivity index (χ4n) is 2.15. The lowest BCUT2D eigenvalue weighted by molar-refractivity contribution is 0.0889. The van der Waals surface area contributed by atoms with Gasteiger partial charge in [0.2, 0.25) is 0 Å². The van der Waals surface area contributed by atoms with Crippen LogP contribution in [0.4, 0.5) is 4.39 Å². The predicted molar refractivity (Wildman–Crippen MR) is 75.5 cm³/mol. The highest BCUT2D eigenvalue weighted by Crippen LogP contribution is 2.25. The molecule has 1 atom stereocenters. The first-order chi connectivity index (χ1) is 9.62. The molecule has 1 unspecified atom stereocenters. The zero-order chi connectivity index (χ0) is 15.8. The Morgan fingerprint density at radius 1 is 1.48 bits per heavy atom. The SMILES string of the molecule is Cc1c(F)cc(C(=O)NC2(C)CCOC2)cc1S(=O)(=O)Cl. The summed E-state index contributed by atoms with van der Waals surface area (Å²) in [6.45, 7) is 3.98. The van der Waals surface area contributed by atoms with E-state index in [1.807, 2.05) is 6.92 Å². The van der Waals surface area contributed by atoms with Crippen molar-refractivity contribution >= 4 is 25.6 Å². The molecule has 0 aromatic heterocycles. The lowest BCUT2D eigenvalue weighted by Gasteiger charge is -2.23. The van der Waals surface area contributed by atoms with Crippen molar-refractivity contribution < 1.29 is 22.3 Å². The highest BCUT2D eigenvalue weighted by molar-refractivity contribution is 8.13. The van der Waals surface area contributed by atoms with Gasteiger partial charge in [-0.25, -0.2) is 12.8 Å². The third kappa shape index (κ3) is 3.53. The minimum Gasteiger partial charge on any atom is -0.379 e. The van der Waals surface area contributed by atoms with Crippen molar-refractivity contribution in [3.63, 3.8) is 0 Å². The quantitative estimate of drug-likeness (QED) is 0.857. The number of hydrogen-bond acceptors (Lipinski definition) is 4. The Bertz CT molecular complexity index is 684. The van der Waals surface area contributed by atoms with Gasteiger partial charge in [0.05, 0.1) is 17.0 Å². The van der Waals surface area contributed by atoms with Crippen molar-refractivity contribution in [2.75, 3.05) is 13.2 Å². The van der Waals surface area contributed by atoms with E-state index in [0.717, 1.165) is 12.1 Å². The van der Waals surface area contributed by atoms with Crippen LogP contribution in [-0.2, 0) is 13.8 Å². The van der Waals surface area contributed by atoms with Gasteiger partial charge in [0.25, 0.3) is 15.0 Å². The Hall–Kier alpha value is -1.18. The molecule has 1 aromatic carbocycles. The van der Waals surface area contributed by atoms with E-state index in [4.69, 9.17) is 15.4 Å². The van der Waals surface area contributed by atoms with Crippen molar-refractivity contribution in [3.8, 4) is 0 Å². The highest BCUT2D eigenvalue weighted by Gasteiger charge is 2.32. The summed E-state index contributed by atoms with van der Waals surface area (Å²) >= 11 is 0. The predicted octanol–water partition coefficient (Wildman–Crippen LogP) is 1.97. The van der Waals surface area contributed by atoms with E-state index in [9.17, 15) is 17.6 Å². The van der Waals surface area contributed by atoms with Gasteiger partial charge in [0, 0.05) is 28.4 Å². The summed E-state index contributed by atoms with van der Waals surface area (Å²) < 4.78 is 41.9. The van der Waals surface area contributed by atoms with Crippen LogP contribution in [-0.4, -0.2) is 33.1 Å². The molecule has 1 saturated heterocycles. The van der Waals surface area contributed by atoms with Crippen LogP contribution in [0.1, 0.15) is 29.3 Å². The first-order valence-corrected chi connectivity index (χ1v) is 8.58. The number of carbonyl (C=O) groups is 1. The molecular formula is C13H15ClFNO4S. The molecule has 1 heterocycles. The summed E-state index contributed by atoms with van der Waals surface area (Å²) in [5.41, 5.74) is -0.749. The molecule has 1 aliphatic rings. The largest absolute Gasteiger partial charge is 0.379 e. The number of rotatable bonds is 3. The molecule has 0 spiro atoms. The average molecular weight is 336 g/mol. The van der Waals surface area contributed by atoms with Gasteiger partial charge in [-0.05, 0) is 32.4 Å². The highest BCUT2D eigenvalue weighted by atomic mass is 35.7. The molecule has 21 heavy (non-hydrogen) atoms. The van der Waals surface area contributed by atoms with E-state index in [-0.39, 0.29) is 11.1 Å². The van der Waals surface area contributed by atoms with Gasteiger partial charge in [-0.3, -0.25) is 4.79 Å². The van der Waals surface area contributed by atoms with E-state index in [1.54, 1.807) is 0 Å². The molecule has 0 aliphatic carbocycles. The monoisotopic (exact) mass is 335 g/mol. The molecule has 0 radical (unpaired) electrons. The Morgan fingerprint density at radius 3 is 2.67 bits per heavy atom. The standard InChI is InChI=1S/C13H15ClFNO4S/c1-8-10(15)5-9(6-11(8)21(14,18)19)12(17)16-13(2)3-4-20-7-13/h5-6H,3-4,7H2,1-2H3,(H,16,17). The summed E-state index contributed by atoms with van der Waals surface area (Å²) in [4.78, 5) is 11.8. The van der Waals surface area contributed by atoms with Gasteiger partial charge in [0.15, 0.2) is 0 Å². The number of hydrogen-bond donors (Lipinski definition) is 1. The molecule has 5 nitrogen and oxygen atoms in total. The number of amides is 1. The lowest BCUT2D eigenvalue weighted by atomic mass is 10.0. The van der Waals surface area contributed by atoms with Crippen LogP contribution in [0.3, 0.4) is 0 Å². The Labute approximate surface area is 126 Å². The van der Waals surface area contributed by atoms with Gasteiger partial charge in [0.1, 0.15) is 5.82 Å². The molecule has 1 N–H and O–H groups in total. The minimum absolute atomic E-state index is 0.0922. The summed E-state index contributed by atoms with van der Waals surface area (Å²) in [6.07, 6.45) is 0.633. The van der Waals surface area contributed by atoms with Gasteiger partial charge in [-0.15, -0.1) is 0 Å². The van der Waals surface area contributed by atoms with E-state index in [1.165, 1.54) is 6.92 Å². The molecule has 0 saturated carbocycles. The van der Waals surface area contributed by atoms with Crippen molar-refractivity contribution in [2.24, 2.45) is 0 Å². The maximum Gasteiger partial charge on any atom is 0.261 e. The number of ether oxygens (including phenoxy) is 1.